The third-order valence-electron chi connectivity index (χ3n) is 6.53. The largest absolute Gasteiger partial charge is 0.507 e. The van der Waals surface area contributed by atoms with E-state index in [0.717, 1.165) is 0 Å². The van der Waals surface area contributed by atoms with Gasteiger partial charge in [-0.1, -0.05) is 30.3 Å². The van der Waals surface area contributed by atoms with Crippen molar-refractivity contribution in [3.8, 4) is 23.0 Å². The fourth-order valence-electron chi connectivity index (χ4n) is 4.61. The summed E-state index contributed by atoms with van der Waals surface area (Å²) in [6, 6.07) is 18.6. The zero-order chi connectivity index (χ0) is 26.1. The Bertz CT molecular complexity index is 1630. The molecule has 188 valence electrons. The molecule has 0 atom stereocenters. The van der Waals surface area contributed by atoms with Gasteiger partial charge in [0.25, 0.3) is 0 Å². The molecule has 2 N–H and O–H groups in total. The van der Waals surface area contributed by atoms with Crippen LogP contribution in [-0.2, 0) is 12.8 Å². The zero-order valence-electron chi connectivity index (χ0n) is 20.2. The molecule has 0 unspecified atom stereocenters. The van der Waals surface area contributed by atoms with Crippen LogP contribution in [0.1, 0.15) is 22.6 Å². The van der Waals surface area contributed by atoms with E-state index in [0.29, 0.717) is 27.8 Å². The van der Waals surface area contributed by atoms with Crippen molar-refractivity contribution >= 4 is 21.9 Å². The predicted octanol–water partition coefficient (Wildman–Crippen LogP) is 4.90. The predicted molar refractivity (Wildman–Crippen MR) is 138 cm³/mol. The first-order chi connectivity index (χ1) is 17.9. The first-order valence-electron chi connectivity index (χ1n) is 11.6. The van der Waals surface area contributed by atoms with Gasteiger partial charge in [-0.05, 0) is 60.7 Å². The van der Waals surface area contributed by atoms with E-state index in [-0.39, 0.29) is 46.6 Å². The SMILES string of the molecule is COc1ccc(C(Cc2c(O)c3ccccc3oc2=O)Cc2c(O)c3ccccc3oc2=O)cc1OC. The highest BCUT2D eigenvalue weighted by Gasteiger charge is 2.25. The normalized spacial score (nSPS) is 11.3. The first-order valence-corrected chi connectivity index (χ1v) is 11.6. The van der Waals surface area contributed by atoms with Gasteiger partial charge < -0.3 is 28.5 Å². The summed E-state index contributed by atoms with van der Waals surface area (Å²) < 4.78 is 21.7. The van der Waals surface area contributed by atoms with Crippen molar-refractivity contribution in [3.63, 3.8) is 0 Å². The van der Waals surface area contributed by atoms with E-state index in [1.54, 1.807) is 66.7 Å². The second-order valence-corrected chi connectivity index (χ2v) is 8.65. The van der Waals surface area contributed by atoms with Gasteiger partial charge in [0, 0.05) is 0 Å². The monoisotopic (exact) mass is 500 g/mol. The van der Waals surface area contributed by atoms with Crippen LogP contribution >= 0.6 is 0 Å². The summed E-state index contributed by atoms with van der Waals surface area (Å²) >= 11 is 0. The maximum atomic E-state index is 12.9. The first kappa shape index (κ1) is 24.0. The average Bonchev–Trinajstić information content (AvgIpc) is 2.91. The number of hydrogen-bond donors (Lipinski definition) is 2. The minimum Gasteiger partial charge on any atom is -0.507 e. The van der Waals surface area contributed by atoms with Crippen molar-refractivity contribution in [2.45, 2.75) is 18.8 Å². The van der Waals surface area contributed by atoms with Crippen molar-refractivity contribution in [1.29, 1.82) is 0 Å². The Kier molecular flexibility index (Phi) is 6.31. The van der Waals surface area contributed by atoms with Crippen LogP contribution < -0.4 is 20.7 Å². The lowest BCUT2D eigenvalue weighted by molar-refractivity contribution is 0.354. The van der Waals surface area contributed by atoms with Crippen molar-refractivity contribution in [3.05, 3.63) is 104 Å². The lowest BCUT2D eigenvalue weighted by Gasteiger charge is -2.20. The molecule has 0 aliphatic rings. The highest BCUT2D eigenvalue weighted by atomic mass is 16.5. The van der Waals surface area contributed by atoms with Crippen LogP contribution in [-0.4, -0.2) is 24.4 Å². The Labute approximate surface area is 210 Å². The molecule has 5 aromatic rings. The molecule has 2 aromatic heterocycles. The van der Waals surface area contributed by atoms with Gasteiger partial charge in [0.1, 0.15) is 22.7 Å². The van der Waals surface area contributed by atoms with Crippen molar-refractivity contribution < 1.29 is 28.5 Å². The van der Waals surface area contributed by atoms with E-state index in [1.807, 2.05) is 0 Å². The molecular formula is C29H24O8. The van der Waals surface area contributed by atoms with Crippen LogP contribution in [0.4, 0.5) is 0 Å². The molecule has 0 aliphatic carbocycles. The molecule has 8 nitrogen and oxygen atoms in total. The molecule has 0 radical (unpaired) electrons. The Morgan fingerprint density at radius 1 is 0.703 bits per heavy atom. The maximum Gasteiger partial charge on any atom is 0.343 e. The summed E-state index contributed by atoms with van der Waals surface area (Å²) in [4.78, 5) is 25.8. The molecule has 0 saturated carbocycles. The van der Waals surface area contributed by atoms with Crippen LogP contribution in [0.2, 0.25) is 0 Å². The minimum atomic E-state index is -0.684. The third-order valence-corrected chi connectivity index (χ3v) is 6.53. The Balaban J connectivity index is 1.66. The summed E-state index contributed by atoms with van der Waals surface area (Å²) in [5, 5.41) is 22.8. The number of methoxy groups -OCH3 is 2. The fourth-order valence-corrected chi connectivity index (χ4v) is 4.61. The summed E-state index contributed by atoms with van der Waals surface area (Å²) in [6.07, 6.45) is 0.0282. The fraction of sp³-hybridized carbons (Fsp3) is 0.172. The van der Waals surface area contributed by atoms with E-state index in [2.05, 4.69) is 0 Å². The lowest BCUT2D eigenvalue weighted by atomic mass is 9.86. The molecular weight excluding hydrogens is 476 g/mol. The van der Waals surface area contributed by atoms with Crippen LogP contribution in [0, 0.1) is 0 Å². The van der Waals surface area contributed by atoms with Crippen LogP contribution in [0.25, 0.3) is 21.9 Å². The Hall–Kier alpha value is -4.72. The molecule has 0 saturated heterocycles. The number of benzene rings is 3. The van der Waals surface area contributed by atoms with Gasteiger partial charge in [-0.25, -0.2) is 9.59 Å². The highest BCUT2D eigenvalue weighted by molar-refractivity contribution is 5.84. The highest BCUT2D eigenvalue weighted by Crippen LogP contribution is 2.37. The number of fused-ring (bicyclic) bond motifs is 2. The molecule has 0 fully saturated rings. The standard InChI is InChI=1S/C29H24O8/c1-34-24-12-11-16(15-25(24)35-2)17(13-20-26(30)18-7-3-5-9-22(18)36-28(20)32)14-21-27(31)19-8-4-6-10-23(19)37-29(21)33/h3-12,15,17,30-31H,13-14H2,1-2H3. The van der Waals surface area contributed by atoms with E-state index in [1.165, 1.54) is 14.2 Å². The van der Waals surface area contributed by atoms with Gasteiger partial charge >= 0.3 is 11.3 Å². The maximum absolute atomic E-state index is 12.9. The van der Waals surface area contributed by atoms with Crippen molar-refractivity contribution in [2.24, 2.45) is 0 Å². The second-order valence-electron chi connectivity index (χ2n) is 8.65. The van der Waals surface area contributed by atoms with E-state index in [9.17, 15) is 19.8 Å². The van der Waals surface area contributed by atoms with Gasteiger partial charge in [-0.2, -0.15) is 0 Å². The average molecular weight is 501 g/mol. The van der Waals surface area contributed by atoms with Gasteiger partial charge in [0.15, 0.2) is 11.5 Å². The van der Waals surface area contributed by atoms with Gasteiger partial charge in [0.2, 0.25) is 0 Å². The molecule has 0 amide bonds. The molecule has 5 rings (SSSR count). The summed E-state index contributed by atoms with van der Waals surface area (Å²) in [5.41, 5.74) is -0.0239. The van der Waals surface area contributed by atoms with E-state index < -0.39 is 17.2 Å². The summed E-state index contributed by atoms with van der Waals surface area (Å²) in [6.45, 7) is 0. The number of hydrogen-bond acceptors (Lipinski definition) is 8. The van der Waals surface area contributed by atoms with Gasteiger partial charge in [-0.3, -0.25) is 0 Å². The quantitative estimate of drug-likeness (QED) is 0.303. The molecule has 2 heterocycles. The Morgan fingerprint density at radius 3 is 1.68 bits per heavy atom. The summed E-state index contributed by atoms with van der Waals surface area (Å²) in [7, 11) is 3.02. The number of ether oxygens (including phenoxy) is 2. The van der Waals surface area contributed by atoms with Crippen LogP contribution in [0.15, 0.2) is 85.2 Å². The van der Waals surface area contributed by atoms with Crippen LogP contribution in [0.3, 0.4) is 0 Å². The molecule has 37 heavy (non-hydrogen) atoms. The molecule has 0 spiro atoms. The second kappa shape index (κ2) is 9.73. The lowest BCUT2D eigenvalue weighted by Crippen LogP contribution is -2.18. The molecule has 3 aromatic carbocycles. The van der Waals surface area contributed by atoms with Crippen LogP contribution in [0.5, 0.6) is 23.0 Å². The number of para-hydroxylation sites is 2. The molecule has 0 bridgehead atoms. The van der Waals surface area contributed by atoms with Gasteiger partial charge in [-0.15, -0.1) is 0 Å². The van der Waals surface area contributed by atoms with Gasteiger partial charge in [0.05, 0.1) is 36.1 Å². The zero-order valence-corrected chi connectivity index (χ0v) is 20.2. The minimum absolute atomic E-state index is 0.0141. The topological polar surface area (TPSA) is 119 Å². The number of aromatic hydroxyl groups is 2. The van der Waals surface area contributed by atoms with E-state index in [4.69, 9.17) is 18.3 Å². The third kappa shape index (κ3) is 4.38. The number of rotatable bonds is 7. The summed E-state index contributed by atoms with van der Waals surface area (Å²) in [5.74, 6) is 0.0320. The van der Waals surface area contributed by atoms with Crippen molar-refractivity contribution in [2.75, 3.05) is 14.2 Å². The van der Waals surface area contributed by atoms with Crippen molar-refractivity contribution in [1.82, 2.24) is 0 Å². The van der Waals surface area contributed by atoms with E-state index >= 15 is 0 Å². The smallest absolute Gasteiger partial charge is 0.343 e. The Morgan fingerprint density at radius 2 is 1.19 bits per heavy atom. The molecule has 8 heteroatoms. The molecule has 0 aliphatic heterocycles.